The molecule has 0 aliphatic carbocycles. The minimum Gasteiger partial charge on any atom is -0.472 e. The molecular formula is C11H19N3O2. The average molecular weight is 225 g/mol. The van der Waals surface area contributed by atoms with Crippen molar-refractivity contribution in [3.63, 3.8) is 0 Å². The lowest BCUT2D eigenvalue weighted by Gasteiger charge is -2.28. The second kappa shape index (κ2) is 5.14. The fourth-order valence-electron chi connectivity index (χ4n) is 1.69. The molecule has 0 atom stereocenters. The van der Waals surface area contributed by atoms with Crippen molar-refractivity contribution >= 4 is 5.91 Å². The highest BCUT2D eigenvalue weighted by Gasteiger charge is 2.28. The summed E-state index contributed by atoms with van der Waals surface area (Å²) in [5, 5.41) is 0. The fourth-order valence-corrected chi connectivity index (χ4v) is 1.69. The van der Waals surface area contributed by atoms with Crippen molar-refractivity contribution in [1.82, 2.24) is 10.3 Å². The van der Waals surface area contributed by atoms with Gasteiger partial charge >= 0.3 is 0 Å². The maximum atomic E-state index is 11.5. The molecule has 5 heteroatoms. The van der Waals surface area contributed by atoms with Crippen molar-refractivity contribution in [2.45, 2.75) is 20.4 Å². The van der Waals surface area contributed by atoms with Crippen LogP contribution in [0.15, 0.2) is 23.0 Å². The molecule has 0 aliphatic rings. The zero-order valence-corrected chi connectivity index (χ0v) is 9.99. The van der Waals surface area contributed by atoms with Gasteiger partial charge < -0.3 is 9.32 Å². The van der Waals surface area contributed by atoms with Crippen LogP contribution in [0.1, 0.15) is 19.4 Å². The van der Waals surface area contributed by atoms with Gasteiger partial charge in [-0.25, -0.2) is 5.84 Å². The van der Waals surface area contributed by atoms with E-state index in [1.54, 1.807) is 12.5 Å². The van der Waals surface area contributed by atoms with Gasteiger partial charge in [0.2, 0.25) is 5.91 Å². The van der Waals surface area contributed by atoms with Crippen LogP contribution < -0.4 is 11.3 Å². The highest BCUT2D eigenvalue weighted by Crippen LogP contribution is 2.17. The first kappa shape index (κ1) is 12.7. The van der Waals surface area contributed by atoms with E-state index in [4.69, 9.17) is 10.3 Å². The van der Waals surface area contributed by atoms with Crippen molar-refractivity contribution in [3.05, 3.63) is 24.2 Å². The Bertz CT molecular complexity index is 333. The van der Waals surface area contributed by atoms with Gasteiger partial charge in [0.05, 0.1) is 17.9 Å². The van der Waals surface area contributed by atoms with E-state index in [0.717, 1.165) is 12.1 Å². The molecule has 3 N–H and O–H groups in total. The molecule has 0 saturated carbocycles. The van der Waals surface area contributed by atoms with Crippen LogP contribution in [-0.2, 0) is 11.3 Å². The van der Waals surface area contributed by atoms with Gasteiger partial charge in [0.25, 0.3) is 0 Å². The van der Waals surface area contributed by atoms with Crippen molar-refractivity contribution < 1.29 is 9.21 Å². The second-order valence-corrected chi connectivity index (χ2v) is 4.66. The molecule has 0 aliphatic heterocycles. The molecule has 1 aromatic rings. The van der Waals surface area contributed by atoms with Crippen LogP contribution in [0, 0.1) is 5.41 Å². The van der Waals surface area contributed by atoms with Gasteiger partial charge in [-0.2, -0.15) is 0 Å². The molecule has 16 heavy (non-hydrogen) atoms. The monoisotopic (exact) mass is 225 g/mol. The lowest BCUT2D eigenvalue weighted by atomic mass is 9.92. The Labute approximate surface area is 95.6 Å². The average Bonchev–Trinajstić information content (AvgIpc) is 2.67. The largest absolute Gasteiger partial charge is 0.472 e. The van der Waals surface area contributed by atoms with Crippen molar-refractivity contribution in [2.24, 2.45) is 11.3 Å². The van der Waals surface area contributed by atoms with E-state index < -0.39 is 5.41 Å². The van der Waals surface area contributed by atoms with Crippen LogP contribution in [0.25, 0.3) is 0 Å². The number of amides is 1. The summed E-state index contributed by atoms with van der Waals surface area (Å²) >= 11 is 0. The molecule has 90 valence electrons. The summed E-state index contributed by atoms with van der Waals surface area (Å²) < 4.78 is 4.99. The summed E-state index contributed by atoms with van der Waals surface area (Å²) in [5.41, 5.74) is 2.77. The molecule has 5 nitrogen and oxygen atoms in total. The molecule has 0 unspecified atom stereocenters. The van der Waals surface area contributed by atoms with Crippen LogP contribution in [0.5, 0.6) is 0 Å². The number of nitrogens with zero attached hydrogens (tertiary/aromatic N) is 1. The number of carbonyl (C=O) groups excluding carboxylic acids is 1. The zero-order chi connectivity index (χ0) is 12.2. The van der Waals surface area contributed by atoms with Gasteiger partial charge in [0, 0.05) is 18.7 Å². The number of hydrogen-bond donors (Lipinski definition) is 2. The molecule has 0 bridgehead atoms. The molecule has 0 saturated heterocycles. The molecule has 1 rings (SSSR count). The van der Waals surface area contributed by atoms with E-state index in [1.165, 1.54) is 0 Å². The van der Waals surface area contributed by atoms with E-state index in [2.05, 4.69) is 10.3 Å². The van der Waals surface area contributed by atoms with Gasteiger partial charge in [0.1, 0.15) is 0 Å². The standard InChI is InChI=1S/C11H19N3O2/c1-11(2,10(15)13-12)8-14(3)6-9-4-5-16-7-9/h4-5,7H,6,8,12H2,1-3H3,(H,13,15). The maximum absolute atomic E-state index is 11.5. The smallest absolute Gasteiger partial charge is 0.240 e. The van der Waals surface area contributed by atoms with E-state index in [0.29, 0.717) is 6.54 Å². The lowest BCUT2D eigenvalue weighted by Crippen LogP contribution is -2.46. The Hall–Kier alpha value is -1.33. The number of nitrogens with one attached hydrogen (secondary N) is 1. The number of nitrogens with two attached hydrogens (primary N) is 1. The molecule has 1 heterocycles. The van der Waals surface area contributed by atoms with Crippen molar-refractivity contribution in [2.75, 3.05) is 13.6 Å². The number of hydrazine groups is 1. The first-order valence-electron chi connectivity index (χ1n) is 5.16. The third kappa shape index (κ3) is 3.36. The third-order valence-corrected chi connectivity index (χ3v) is 2.44. The molecule has 0 fully saturated rings. The molecule has 1 amide bonds. The summed E-state index contributed by atoms with van der Waals surface area (Å²) in [6.07, 6.45) is 3.34. The van der Waals surface area contributed by atoms with Crippen molar-refractivity contribution in [1.29, 1.82) is 0 Å². The zero-order valence-electron chi connectivity index (χ0n) is 9.99. The van der Waals surface area contributed by atoms with Gasteiger partial charge in [-0.1, -0.05) is 0 Å². The molecular weight excluding hydrogens is 206 g/mol. The van der Waals surface area contributed by atoms with Crippen LogP contribution in [-0.4, -0.2) is 24.4 Å². The number of rotatable bonds is 5. The maximum Gasteiger partial charge on any atom is 0.240 e. The van der Waals surface area contributed by atoms with E-state index in [9.17, 15) is 4.79 Å². The summed E-state index contributed by atoms with van der Waals surface area (Å²) in [4.78, 5) is 13.5. The summed E-state index contributed by atoms with van der Waals surface area (Å²) in [7, 11) is 1.96. The third-order valence-electron chi connectivity index (χ3n) is 2.44. The Kier molecular flexibility index (Phi) is 4.09. The predicted molar refractivity (Wildman–Crippen MR) is 61.2 cm³/mol. The highest BCUT2D eigenvalue weighted by atomic mass is 16.3. The van der Waals surface area contributed by atoms with Gasteiger partial charge in [-0.15, -0.1) is 0 Å². The quantitative estimate of drug-likeness (QED) is 0.440. The Morgan fingerprint density at radius 3 is 2.81 bits per heavy atom. The second-order valence-electron chi connectivity index (χ2n) is 4.66. The minimum atomic E-state index is -0.507. The molecule has 0 aromatic carbocycles. The molecule has 0 spiro atoms. The molecule has 1 aromatic heterocycles. The van der Waals surface area contributed by atoms with Gasteiger partial charge in [-0.05, 0) is 27.0 Å². The summed E-state index contributed by atoms with van der Waals surface area (Å²) in [6.45, 7) is 5.10. The molecule has 0 radical (unpaired) electrons. The summed E-state index contributed by atoms with van der Waals surface area (Å²) in [6, 6.07) is 1.91. The lowest BCUT2D eigenvalue weighted by molar-refractivity contribution is -0.130. The van der Waals surface area contributed by atoms with E-state index >= 15 is 0 Å². The fraction of sp³-hybridized carbons (Fsp3) is 0.545. The first-order valence-corrected chi connectivity index (χ1v) is 5.16. The Morgan fingerprint density at radius 1 is 1.62 bits per heavy atom. The number of furan rings is 1. The normalized spacial score (nSPS) is 11.8. The number of carbonyl (C=O) groups is 1. The summed E-state index contributed by atoms with van der Waals surface area (Å²) in [5.74, 6) is 4.98. The van der Waals surface area contributed by atoms with Crippen LogP contribution in [0.4, 0.5) is 0 Å². The van der Waals surface area contributed by atoms with Gasteiger partial charge in [-0.3, -0.25) is 10.2 Å². The first-order chi connectivity index (χ1) is 7.45. The Balaban J connectivity index is 2.50. The number of hydrogen-bond acceptors (Lipinski definition) is 4. The minimum absolute atomic E-state index is 0.161. The predicted octanol–water partition coefficient (Wildman–Crippen LogP) is 0.728. The topological polar surface area (TPSA) is 71.5 Å². The van der Waals surface area contributed by atoms with Crippen molar-refractivity contribution in [3.8, 4) is 0 Å². The highest BCUT2D eigenvalue weighted by molar-refractivity contribution is 5.81. The van der Waals surface area contributed by atoms with Crippen LogP contribution in [0.3, 0.4) is 0 Å². The van der Waals surface area contributed by atoms with Gasteiger partial charge in [0.15, 0.2) is 0 Å². The van der Waals surface area contributed by atoms with E-state index in [-0.39, 0.29) is 5.91 Å². The SMILES string of the molecule is CN(Cc1ccoc1)CC(C)(C)C(=O)NN. The van der Waals surface area contributed by atoms with E-state index in [1.807, 2.05) is 27.0 Å². The Morgan fingerprint density at radius 2 is 2.31 bits per heavy atom. The van der Waals surface area contributed by atoms with Crippen LogP contribution >= 0.6 is 0 Å². The van der Waals surface area contributed by atoms with Crippen LogP contribution in [0.2, 0.25) is 0 Å².